The molecule has 0 amide bonds. The Morgan fingerprint density at radius 2 is 1.91 bits per heavy atom. The summed E-state index contributed by atoms with van der Waals surface area (Å²) in [4.78, 5) is 23.6. The van der Waals surface area contributed by atoms with Gasteiger partial charge in [0.1, 0.15) is 6.10 Å². The third-order valence-electron chi connectivity index (χ3n) is 11.9. The second-order valence-corrected chi connectivity index (χ2v) is 12.9. The summed E-state index contributed by atoms with van der Waals surface area (Å²) in [5.74, 6) is 1.37. The predicted molar refractivity (Wildman–Crippen MR) is 131 cm³/mol. The molecule has 0 aromatic heterocycles. The van der Waals surface area contributed by atoms with Crippen molar-refractivity contribution in [2.45, 2.75) is 102 Å². The van der Waals surface area contributed by atoms with Gasteiger partial charge in [-0.15, -0.1) is 0 Å². The topological polar surface area (TPSA) is 93.1 Å². The second-order valence-electron chi connectivity index (χ2n) is 12.9. The molecule has 196 valence electrons. The Kier molecular flexibility index (Phi) is 6.40. The van der Waals surface area contributed by atoms with E-state index in [4.69, 9.17) is 9.47 Å². The molecule has 5 saturated carbocycles. The fraction of sp³-hybridized carbons (Fsp3) is 0.862. The molecular weight excluding hydrogens is 444 g/mol. The number of carbonyl (C=O) groups excluding carboxylic acids is 2. The summed E-state index contributed by atoms with van der Waals surface area (Å²) in [7, 11) is 1.44. The molecule has 0 heterocycles. The predicted octanol–water partition coefficient (Wildman–Crippen LogP) is 4.42. The van der Waals surface area contributed by atoms with E-state index in [0.717, 1.165) is 64.2 Å². The van der Waals surface area contributed by atoms with Crippen molar-refractivity contribution >= 4 is 11.9 Å². The van der Waals surface area contributed by atoms with Crippen molar-refractivity contribution in [1.82, 2.24) is 0 Å². The summed E-state index contributed by atoms with van der Waals surface area (Å²) in [6.07, 6.45) is 10.1. The zero-order chi connectivity index (χ0) is 25.2. The average molecular weight is 489 g/mol. The highest BCUT2D eigenvalue weighted by Crippen LogP contribution is 2.77. The summed E-state index contributed by atoms with van der Waals surface area (Å²) in [5, 5.41) is 23.8. The van der Waals surface area contributed by atoms with E-state index in [-0.39, 0.29) is 40.9 Å². The third-order valence-corrected chi connectivity index (χ3v) is 11.9. The standard InChI is InChI=1S/C29H44O6/c1-5-24(31)35-19-10-11-27(3)18(14-19)15-23(30)26-21-8-7-20(17(2)6-9-25(32)34-4)29(21)13-12-28(29,33)16-22(26)27/h5,17-23,26,30,33H,1,6-16H2,2-4H3/t17-,18+,19-,20-,21+,22+,23-,26+,27+,28+,29-/m1/s1. The number of esters is 2. The molecule has 5 fully saturated rings. The normalized spacial score (nSPS) is 48.8. The Labute approximate surface area is 209 Å². The zero-order valence-electron chi connectivity index (χ0n) is 21.7. The molecule has 0 aromatic carbocycles. The van der Waals surface area contributed by atoms with Crippen molar-refractivity contribution in [3.63, 3.8) is 0 Å². The number of hydrogen-bond donors (Lipinski definition) is 2. The van der Waals surface area contributed by atoms with Gasteiger partial charge in [0.2, 0.25) is 0 Å². The quantitative estimate of drug-likeness (QED) is 0.425. The van der Waals surface area contributed by atoms with E-state index in [0.29, 0.717) is 36.0 Å². The number of rotatable bonds is 6. The summed E-state index contributed by atoms with van der Waals surface area (Å²) in [5.41, 5.74) is -0.742. The molecule has 11 atom stereocenters. The summed E-state index contributed by atoms with van der Waals surface area (Å²) < 4.78 is 10.5. The maximum absolute atomic E-state index is 12.2. The van der Waals surface area contributed by atoms with Crippen LogP contribution in [0.25, 0.3) is 0 Å². The van der Waals surface area contributed by atoms with Gasteiger partial charge in [0.05, 0.1) is 18.8 Å². The molecule has 1 spiro atoms. The van der Waals surface area contributed by atoms with Crippen LogP contribution in [0.3, 0.4) is 0 Å². The molecule has 35 heavy (non-hydrogen) atoms. The molecule has 5 rings (SSSR count). The Morgan fingerprint density at radius 3 is 2.57 bits per heavy atom. The van der Waals surface area contributed by atoms with Gasteiger partial charge >= 0.3 is 11.9 Å². The first-order chi connectivity index (χ1) is 16.6. The van der Waals surface area contributed by atoms with Gasteiger partial charge in [0, 0.05) is 17.9 Å². The highest BCUT2D eigenvalue weighted by molar-refractivity contribution is 5.81. The lowest BCUT2D eigenvalue weighted by Gasteiger charge is -2.71. The van der Waals surface area contributed by atoms with Crippen LogP contribution in [-0.4, -0.2) is 47.1 Å². The Morgan fingerprint density at radius 1 is 1.14 bits per heavy atom. The van der Waals surface area contributed by atoms with Crippen LogP contribution in [0.2, 0.25) is 0 Å². The maximum atomic E-state index is 12.2. The number of carbonyl (C=O) groups is 2. The highest BCUT2D eigenvalue weighted by Gasteiger charge is 2.75. The fourth-order valence-corrected chi connectivity index (χ4v) is 10.2. The number of fused-ring (bicyclic) bond motifs is 4. The number of hydrogen-bond acceptors (Lipinski definition) is 6. The van der Waals surface area contributed by atoms with Crippen molar-refractivity contribution in [2.24, 2.45) is 46.3 Å². The van der Waals surface area contributed by atoms with E-state index < -0.39 is 5.60 Å². The molecule has 0 saturated heterocycles. The largest absolute Gasteiger partial charge is 0.469 e. The minimum absolute atomic E-state index is 0.0487. The summed E-state index contributed by atoms with van der Waals surface area (Å²) in [6, 6.07) is 0. The molecule has 5 aliphatic rings. The smallest absolute Gasteiger partial charge is 0.330 e. The van der Waals surface area contributed by atoms with E-state index >= 15 is 0 Å². The molecule has 6 heteroatoms. The molecule has 5 aliphatic carbocycles. The van der Waals surface area contributed by atoms with Gasteiger partial charge in [-0.2, -0.15) is 0 Å². The lowest BCUT2D eigenvalue weighted by Crippen LogP contribution is -2.72. The lowest BCUT2D eigenvalue weighted by molar-refractivity contribution is -0.296. The van der Waals surface area contributed by atoms with Crippen LogP contribution < -0.4 is 0 Å². The molecule has 0 radical (unpaired) electrons. The van der Waals surface area contributed by atoms with Crippen molar-refractivity contribution < 1.29 is 29.3 Å². The first-order valence-electron chi connectivity index (χ1n) is 13.9. The minimum Gasteiger partial charge on any atom is -0.469 e. The van der Waals surface area contributed by atoms with Crippen LogP contribution in [0.5, 0.6) is 0 Å². The number of aliphatic hydroxyl groups is 2. The van der Waals surface area contributed by atoms with E-state index in [1.165, 1.54) is 13.2 Å². The van der Waals surface area contributed by atoms with E-state index in [1.807, 2.05) is 0 Å². The fourth-order valence-electron chi connectivity index (χ4n) is 10.2. The monoisotopic (exact) mass is 488 g/mol. The molecule has 0 aromatic rings. The molecule has 6 nitrogen and oxygen atoms in total. The van der Waals surface area contributed by atoms with Crippen LogP contribution in [0.15, 0.2) is 12.7 Å². The molecule has 0 bridgehead atoms. The molecule has 0 unspecified atom stereocenters. The van der Waals surface area contributed by atoms with Crippen LogP contribution >= 0.6 is 0 Å². The van der Waals surface area contributed by atoms with Gasteiger partial charge in [0.25, 0.3) is 0 Å². The van der Waals surface area contributed by atoms with Gasteiger partial charge < -0.3 is 19.7 Å². The third kappa shape index (κ3) is 3.64. The van der Waals surface area contributed by atoms with Crippen molar-refractivity contribution in [3.8, 4) is 0 Å². The van der Waals surface area contributed by atoms with Gasteiger partial charge in [-0.1, -0.05) is 20.4 Å². The first kappa shape index (κ1) is 25.3. The average Bonchev–Trinajstić information content (AvgIpc) is 3.25. The highest BCUT2D eigenvalue weighted by atomic mass is 16.5. The Balaban J connectivity index is 1.39. The maximum Gasteiger partial charge on any atom is 0.330 e. The molecular formula is C29H44O6. The van der Waals surface area contributed by atoms with Crippen LogP contribution in [0.4, 0.5) is 0 Å². The number of ether oxygens (including phenoxy) is 2. The van der Waals surface area contributed by atoms with E-state index in [1.54, 1.807) is 0 Å². The van der Waals surface area contributed by atoms with Crippen molar-refractivity contribution in [3.05, 3.63) is 12.7 Å². The van der Waals surface area contributed by atoms with Crippen LogP contribution in [0, 0.1) is 46.3 Å². The Hall–Kier alpha value is -1.40. The zero-order valence-corrected chi connectivity index (χ0v) is 21.7. The first-order valence-corrected chi connectivity index (χ1v) is 13.9. The number of methoxy groups -OCH3 is 1. The summed E-state index contributed by atoms with van der Waals surface area (Å²) in [6.45, 7) is 8.15. The minimum atomic E-state index is -0.670. The summed E-state index contributed by atoms with van der Waals surface area (Å²) >= 11 is 0. The van der Waals surface area contributed by atoms with Crippen LogP contribution in [0.1, 0.15) is 84.5 Å². The lowest BCUT2D eigenvalue weighted by atomic mass is 9.35. The van der Waals surface area contributed by atoms with E-state index in [2.05, 4.69) is 20.4 Å². The van der Waals surface area contributed by atoms with Crippen LogP contribution in [-0.2, 0) is 19.1 Å². The van der Waals surface area contributed by atoms with Gasteiger partial charge in [0.15, 0.2) is 0 Å². The van der Waals surface area contributed by atoms with Crippen molar-refractivity contribution in [1.29, 1.82) is 0 Å². The molecule has 2 N–H and O–H groups in total. The van der Waals surface area contributed by atoms with Gasteiger partial charge in [-0.25, -0.2) is 4.79 Å². The molecule has 0 aliphatic heterocycles. The number of aliphatic hydroxyl groups excluding tert-OH is 1. The van der Waals surface area contributed by atoms with E-state index in [9.17, 15) is 19.8 Å². The van der Waals surface area contributed by atoms with Gasteiger partial charge in [-0.05, 0) is 105 Å². The SMILES string of the molecule is C=CC(=O)O[C@@H]1CC[C@@]2(C)[C@@H](C1)C[C@@H](O)[C@@H]1[C@@H]2C[C@@]2(O)CC[C@]23[C@@H]([C@H](C)CCC(=O)OC)CC[C@@H]13. The Bertz CT molecular complexity index is 871. The van der Waals surface area contributed by atoms with Gasteiger partial charge in [-0.3, -0.25) is 4.79 Å². The van der Waals surface area contributed by atoms with Crippen molar-refractivity contribution in [2.75, 3.05) is 7.11 Å². The second kappa shape index (κ2) is 8.86.